The number of nitrogens with zero attached hydrogens (tertiary/aromatic N) is 2. The van der Waals surface area contributed by atoms with Crippen molar-refractivity contribution >= 4 is 49.2 Å². The molecule has 0 unspecified atom stereocenters. The molecule has 2 nitrogen and oxygen atoms in total. The fourth-order valence-corrected chi connectivity index (χ4v) is 5.98. The average Bonchev–Trinajstić information content (AvgIpc) is 3.66. The zero-order valence-electron chi connectivity index (χ0n) is 28.5. The average molecular weight is 625 g/mol. The van der Waals surface area contributed by atoms with Crippen LogP contribution in [0.5, 0.6) is 0 Å². The molecule has 5 aromatic carbocycles. The highest BCUT2D eigenvalue weighted by molar-refractivity contribution is 6.15. The molecule has 2 heteroatoms. The van der Waals surface area contributed by atoms with Gasteiger partial charge in [0.15, 0.2) is 0 Å². The standard InChI is InChI=1S/C37H28N2.C6H10.C3H6/c1-3-5-15-31(4-2)38-20-19-28-21-29-25-37-34(23-30(29)24-36(28)38)33-17-9-10-18-35(33)39(37)32-16-11-14-27(22-32)26-12-7-6-8-13-26;1-4-5-6(2)3;1-3-2/h3-25H,2H2,1H3;4-5H,1H2,2-3H3;3H,1H2,2H3/b5-3-,31-15+;;. The van der Waals surface area contributed by atoms with Crippen LogP contribution in [0.15, 0.2) is 183 Å². The third-order valence-electron chi connectivity index (χ3n) is 8.05. The van der Waals surface area contributed by atoms with Crippen LogP contribution < -0.4 is 0 Å². The van der Waals surface area contributed by atoms with Crippen molar-refractivity contribution in [1.29, 1.82) is 0 Å². The van der Waals surface area contributed by atoms with E-state index in [2.05, 4.69) is 156 Å². The molecular formula is C46H44N2. The van der Waals surface area contributed by atoms with E-state index in [0.29, 0.717) is 0 Å². The Labute approximate surface area is 285 Å². The number of allylic oxidation sites excluding steroid dienone is 9. The Morgan fingerprint density at radius 2 is 1.29 bits per heavy atom. The van der Waals surface area contributed by atoms with Gasteiger partial charge in [-0.3, -0.25) is 0 Å². The minimum Gasteiger partial charge on any atom is -0.317 e. The van der Waals surface area contributed by atoms with Crippen molar-refractivity contribution in [2.45, 2.75) is 27.7 Å². The van der Waals surface area contributed by atoms with Crippen LogP contribution in [0.25, 0.3) is 66.0 Å². The number of hydrogen-bond acceptors (Lipinski definition) is 0. The van der Waals surface area contributed by atoms with Gasteiger partial charge in [-0.05, 0) is 110 Å². The summed E-state index contributed by atoms with van der Waals surface area (Å²) in [6, 6.07) is 39.6. The Morgan fingerprint density at radius 1 is 0.604 bits per heavy atom. The van der Waals surface area contributed by atoms with Gasteiger partial charge in [0.2, 0.25) is 0 Å². The largest absolute Gasteiger partial charge is 0.317 e. The second-order valence-corrected chi connectivity index (χ2v) is 11.8. The molecule has 0 saturated heterocycles. The van der Waals surface area contributed by atoms with Crippen molar-refractivity contribution in [3.8, 4) is 16.8 Å². The molecule has 2 heterocycles. The van der Waals surface area contributed by atoms with E-state index in [4.69, 9.17) is 0 Å². The Morgan fingerprint density at radius 3 is 1.98 bits per heavy atom. The molecule has 0 aliphatic carbocycles. The monoisotopic (exact) mass is 624 g/mol. The minimum absolute atomic E-state index is 1.05. The number of fused-ring (bicyclic) bond motifs is 5. The SMILES string of the molecule is C=C/C(=C\C=C/C)n1ccc2cc3cc4c(cc3cc21)c1ccccc1n4-c1cccc(-c2ccccc2)c1.C=CC.C=CC=C(C)C. The molecule has 0 saturated carbocycles. The van der Waals surface area contributed by atoms with Crippen LogP contribution >= 0.6 is 0 Å². The molecule has 0 atom stereocenters. The lowest BCUT2D eigenvalue weighted by atomic mass is 10.0. The Balaban J connectivity index is 0.000000448. The molecule has 2 aromatic heterocycles. The summed E-state index contributed by atoms with van der Waals surface area (Å²) in [5.41, 5.74) is 9.56. The van der Waals surface area contributed by atoms with Gasteiger partial charge in [0.05, 0.1) is 16.6 Å². The van der Waals surface area contributed by atoms with Gasteiger partial charge in [-0.15, -0.1) is 6.58 Å². The highest BCUT2D eigenvalue weighted by Crippen LogP contribution is 2.37. The summed E-state index contributed by atoms with van der Waals surface area (Å²) in [6.07, 6.45) is 15.7. The highest BCUT2D eigenvalue weighted by atomic mass is 15.0. The Hall–Kier alpha value is -5.86. The van der Waals surface area contributed by atoms with Gasteiger partial charge in [-0.2, -0.15) is 0 Å². The first-order valence-electron chi connectivity index (χ1n) is 16.4. The lowest BCUT2D eigenvalue weighted by Crippen LogP contribution is -1.94. The predicted molar refractivity (Wildman–Crippen MR) is 214 cm³/mol. The van der Waals surface area contributed by atoms with Crippen molar-refractivity contribution in [2.24, 2.45) is 0 Å². The van der Waals surface area contributed by atoms with Crippen molar-refractivity contribution in [2.75, 3.05) is 0 Å². The maximum absolute atomic E-state index is 4.05. The molecule has 48 heavy (non-hydrogen) atoms. The van der Waals surface area contributed by atoms with Gasteiger partial charge < -0.3 is 9.13 Å². The van der Waals surface area contributed by atoms with E-state index < -0.39 is 0 Å². The zero-order chi connectivity index (χ0) is 34.0. The molecule has 0 spiro atoms. The van der Waals surface area contributed by atoms with Gasteiger partial charge in [-0.1, -0.05) is 110 Å². The summed E-state index contributed by atoms with van der Waals surface area (Å²) in [5.74, 6) is 0. The lowest BCUT2D eigenvalue weighted by Gasteiger charge is -2.11. The van der Waals surface area contributed by atoms with Gasteiger partial charge >= 0.3 is 0 Å². The summed E-state index contributed by atoms with van der Waals surface area (Å²) in [5, 5.41) is 6.19. The first-order valence-corrected chi connectivity index (χ1v) is 16.4. The highest BCUT2D eigenvalue weighted by Gasteiger charge is 2.15. The lowest BCUT2D eigenvalue weighted by molar-refractivity contribution is 1.18. The maximum atomic E-state index is 4.05. The summed E-state index contributed by atoms with van der Waals surface area (Å²) < 4.78 is 4.62. The van der Waals surface area contributed by atoms with E-state index in [1.165, 1.54) is 65.9 Å². The predicted octanol–water partition coefficient (Wildman–Crippen LogP) is 13.5. The van der Waals surface area contributed by atoms with Crippen LogP contribution in [0.3, 0.4) is 0 Å². The molecule has 0 aliphatic heterocycles. The fraction of sp³-hybridized carbons (Fsp3) is 0.0870. The summed E-state index contributed by atoms with van der Waals surface area (Å²) in [7, 11) is 0. The van der Waals surface area contributed by atoms with E-state index in [0.717, 1.165) is 5.70 Å². The van der Waals surface area contributed by atoms with Gasteiger partial charge in [0.1, 0.15) is 0 Å². The third-order valence-corrected chi connectivity index (χ3v) is 8.05. The molecule has 7 aromatic rings. The molecule has 0 aliphatic rings. The first kappa shape index (κ1) is 33.5. The van der Waals surface area contributed by atoms with Gasteiger partial charge in [-0.25, -0.2) is 0 Å². The second kappa shape index (κ2) is 15.6. The van der Waals surface area contributed by atoms with Crippen LogP contribution in [0.1, 0.15) is 27.7 Å². The normalized spacial score (nSPS) is 11.2. The maximum Gasteiger partial charge on any atom is 0.0547 e. The first-order chi connectivity index (χ1) is 23.4. The van der Waals surface area contributed by atoms with Crippen LogP contribution in [-0.2, 0) is 0 Å². The van der Waals surface area contributed by atoms with E-state index in [1.807, 2.05) is 45.9 Å². The fourth-order valence-electron chi connectivity index (χ4n) is 5.98. The van der Waals surface area contributed by atoms with Gasteiger partial charge in [0, 0.05) is 33.7 Å². The van der Waals surface area contributed by atoms with Crippen LogP contribution in [0.4, 0.5) is 0 Å². The zero-order valence-corrected chi connectivity index (χ0v) is 28.5. The van der Waals surface area contributed by atoms with Crippen molar-refractivity contribution in [3.05, 3.63) is 183 Å². The summed E-state index contributed by atoms with van der Waals surface area (Å²) >= 11 is 0. The number of hydrogen-bond donors (Lipinski definition) is 0. The topological polar surface area (TPSA) is 9.86 Å². The van der Waals surface area contributed by atoms with Crippen LogP contribution in [-0.4, -0.2) is 9.13 Å². The Kier molecular flexibility index (Phi) is 10.9. The van der Waals surface area contributed by atoms with Crippen LogP contribution in [0.2, 0.25) is 0 Å². The van der Waals surface area contributed by atoms with E-state index in [9.17, 15) is 0 Å². The van der Waals surface area contributed by atoms with E-state index >= 15 is 0 Å². The van der Waals surface area contributed by atoms with Crippen molar-refractivity contribution in [1.82, 2.24) is 9.13 Å². The minimum atomic E-state index is 1.05. The number of rotatable bonds is 6. The molecule has 0 amide bonds. The molecule has 0 bridgehead atoms. The summed E-state index contributed by atoms with van der Waals surface area (Å²) in [6.45, 7) is 18.9. The summed E-state index contributed by atoms with van der Waals surface area (Å²) in [4.78, 5) is 0. The van der Waals surface area contributed by atoms with Gasteiger partial charge in [0.25, 0.3) is 0 Å². The third kappa shape index (κ3) is 7.09. The number of benzene rings is 5. The quantitative estimate of drug-likeness (QED) is 0.129. The van der Waals surface area contributed by atoms with E-state index in [1.54, 1.807) is 12.2 Å². The van der Waals surface area contributed by atoms with Crippen molar-refractivity contribution in [3.63, 3.8) is 0 Å². The second-order valence-electron chi connectivity index (χ2n) is 11.8. The molecular weight excluding hydrogens is 581 g/mol. The smallest absolute Gasteiger partial charge is 0.0547 e. The number of aromatic nitrogens is 2. The molecule has 238 valence electrons. The molecule has 0 N–H and O–H groups in total. The molecule has 7 rings (SSSR count). The molecule has 0 radical (unpaired) electrons. The van der Waals surface area contributed by atoms with E-state index in [-0.39, 0.29) is 0 Å². The number of para-hydroxylation sites is 1. The van der Waals surface area contributed by atoms with Crippen molar-refractivity contribution < 1.29 is 0 Å². The van der Waals surface area contributed by atoms with Crippen LogP contribution in [0, 0.1) is 0 Å². The molecule has 0 fully saturated rings. The Bertz CT molecular complexity index is 2310.